The molecule has 1 atom stereocenters. The lowest BCUT2D eigenvalue weighted by Crippen LogP contribution is -2.18. The number of halogens is 1. The van der Waals surface area contributed by atoms with E-state index in [0.717, 1.165) is 23.1 Å². The van der Waals surface area contributed by atoms with Crippen molar-refractivity contribution >= 4 is 11.6 Å². The van der Waals surface area contributed by atoms with E-state index in [0.29, 0.717) is 0 Å². The number of nitrogens with one attached hydrogen (secondary N) is 1. The highest BCUT2D eigenvalue weighted by molar-refractivity contribution is 6.30. The van der Waals surface area contributed by atoms with Crippen LogP contribution < -0.4 is 5.32 Å². The fourth-order valence-electron chi connectivity index (χ4n) is 2.06. The third kappa shape index (κ3) is 3.15. The molecule has 0 saturated carbocycles. The van der Waals surface area contributed by atoms with Crippen LogP contribution in [0.3, 0.4) is 0 Å². The van der Waals surface area contributed by atoms with E-state index in [1.54, 1.807) is 0 Å². The highest BCUT2D eigenvalue weighted by atomic mass is 35.5. The Morgan fingerprint density at radius 2 is 1.89 bits per heavy atom. The quantitative estimate of drug-likeness (QED) is 0.884. The maximum atomic E-state index is 5.86. The van der Waals surface area contributed by atoms with E-state index < -0.39 is 0 Å². The summed E-state index contributed by atoms with van der Waals surface area (Å²) in [7, 11) is 0. The van der Waals surface area contributed by atoms with Crippen LogP contribution in [0.2, 0.25) is 5.02 Å². The largest absolute Gasteiger partial charge is 0.466 e. The smallest absolute Gasteiger partial charge is 0.105 e. The van der Waals surface area contributed by atoms with Gasteiger partial charge in [0.2, 0.25) is 0 Å². The van der Waals surface area contributed by atoms with E-state index in [-0.39, 0.29) is 6.04 Å². The van der Waals surface area contributed by atoms with Crippen LogP contribution in [-0.2, 0) is 6.54 Å². The van der Waals surface area contributed by atoms with Crippen LogP contribution in [0.1, 0.15) is 35.6 Å². The van der Waals surface area contributed by atoms with Crippen LogP contribution in [-0.4, -0.2) is 0 Å². The van der Waals surface area contributed by atoms with Crippen LogP contribution in [0.25, 0.3) is 0 Å². The van der Waals surface area contributed by atoms with Gasteiger partial charge in [0.1, 0.15) is 11.5 Å². The second-order valence-corrected chi connectivity index (χ2v) is 5.03. The Balaban J connectivity index is 1.98. The second kappa shape index (κ2) is 5.59. The summed E-state index contributed by atoms with van der Waals surface area (Å²) in [5.74, 6) is 1.95. The molecule has 1 heterocycles. The molecule has 2 rings (SSSR count). The first-order chi connectivity index (χ1) is 8.56. The minimum Gasteiger partial charge on any atom is -0.466 e. The SMILES string of the molecule is Cc1cc(C(C)NCc2ccc(Cl)cc2)c(C)o1. The molecule has 1 aromatic heterocycles. The van der Waals surface area contributed by atoms with Crippen LogP contribution in [0, 0.1) is 13.8 Å². The molecule has 1 N–H and O–H groups in total. The maximum absolute atomic E-state index is 5.86. The Hall–Kier alpha value is -1.25. The van der Waals surface area contributed by atoms with Gasteiger partial charge < -0.3 is 9.73 Å². The van der Waals surface area contributed by atoms with E-state index in [1.165, 1.54) is 11.1 Å². The summed E-state index contributed by atoms with van der Waals surface area (Å²) in [5.41, 5.74) is 2.45. The number of benzene rings is 1. The first kappa shape index (κ1) is 13.2. The minimum absolute atomic E-state index is 0.276. The minimum atomic E-state index is 0.276. The highest BCUT2D eigenvalue weighted by Gasteiger charge is 2.11. The molecule has 0 bridgehead atoms. The summed E-state index contributed by atoms with van der Waals surface area (Å²) in [6.45, 7) is 6.94. The van der Waals surface area contributed by atoms with Gasteiger partial charge in [-0.25, -0.2) is 0 Å². The highest BCUT2D eigenvalue weighted by Crippen LogP contribution is 2.21. The molecule has 0 saturated heterocycles. The normalized spacial score (nSPS) is 12.7. The predicted octanol–water partition coefficient (Wildman–Crippen LogP) is 4.40. The van der Waals surface area contributed by atoms with Gasteiger partial charge in [-0.1, -0.05) is 23.7 Å². The molecule has 2 aromatic rings. The summed E-state index contributed by atoms with van der Waals surface area (Å²) in [6, 6.07) is 10.3. The zero-order valence-electron chi connectivity index (χ0n) is 11.0. The predicted molar refractivity (Wildman–Crippen MR) is 74.9 cm³/mol. The first-order valence-corrected chi connectivity index (χ1v) is 6.49. The van der Waals surface area contributed by atoms with E-state index in [4.69, 9.17) is 16.0 Å². The lowest BCUT2D eigenvalue weighted by Gasteiger charge is -2.13. The monoisotopic (exact) mass is 263 g/mol. The van der Waals surface area contributed by atoms with Crippen LogP contribution in [0.4, 0.5) is 0 Å². The zero-order chi connectivity index (χ0) is 13.1. The molecule has 0 aliphatic heterocycles. The van der Waals surface area contributed by atoms with E-state index in [1.807, 2.05) is 38.1 Å². The molecular formula is C15H18ClNO. The average molecular weight is 264 g/mol. The molecule has 0 aliphatic carbocycles. The number of rotatable bonds is 4. The number of hydrogen-bond donors (Lipinski definition) is 1. The van der Waals surface area contributed by atoms with Crippen molar-refractivity contribution in [1.29, 1.82) is 0 Å². The first-order valence-electron chi connectivity index (χ1n) is 6.11. The molecule has 3 heteroatoms. The summed E-state index contributed by atoms with van der Waals surface area (Å²) in [6.07, 6.45) is 0. The Morgan fingerprint density at radius 3 is 2.44 bits per heavy atom. The van der Waals surface area contributed by atoms with Gasteiger partial charge in [-0.2, -0.15) is 0 Å². The number of aryl methyl sites for hydroxylation is 2. The fraction of sp³-hybridized carbons (Fsp3) is 0.333. The summed E-state index contributed by atoms with van der Waals surface area (Å²) < 4.78 is 5.55. The average Bonchev–Trinajstić information content (AvgIpc) is 2.67. The summed E-state index contributed by atoms with van der Waals surface area (Å²) in [4.78, 5) is 0. The van der Waals surface area contributed by atoms with Gasteiger partial charge in [0, 0.05) is 23.2 Å². The second-order valence-electron chi connectivity index (χ2n) is 4.60. The molecule has 2 nitrogen and oxygen atoms in total. The van der Waals surface area contributed by atoms with E-state index >= 15 is 0 Å². The zero-order valence-corrected chi connectivity index (χ0v) is 11.7. The molecule has 0 amide bonds. The molecule has 1 unspecified atom stereocenters. The summed E-state index contributed by atoms with van der Waals surface area (Å²) >= 11 is 5.86. The lowest BCUT2D eigenvalue weighted by atomic mass is 10.1. The van der Waals surface area contributed by atoms with Crippen molar-refractivity contribution < 1.29 is 4.42 Å². The van der Waals surface area contributed by atoms with Crippen LogP contribution in [0.15, 0.2) is 34.7 Å². The number of furan rings is 1. The molecule has 1 aromatic carbocycles. The molecule has 0 fully saturated rings. The van der Waals surface area contributed by atoms with Crippen molar-refractivity contribution in [2.45, 2.75) is 33.4 Å². The molecule has 96 valence electrons. The molecule has 18 heavy (non-hydrogen) atoms. The third-order valence-corrected chi connectivity index (χ3v) is 3.32. The number of hydrogen-bond acceptors (Lipinski definition) is 2. The van der Waals surface area contributed by atoms with Gasteiger partial charge in [-0.05, 0) is 44.5 Å². The van der Waals surface area contributed by atoms with Gasteiger partial charge in [-0.15, -0.1) is 0 Å². The topological polar surface area (TPSA) is 25.2 Å². The van der Waals surface area contributed by atoms with Gasteiger partial charge in [0.05, 0.1) is 0 Å². The van der Waals surface area contributed by atoms with Gasteiger partial charge in [0.15, 0.2) is 0 Å². The Kier molecular flexibility index (Phi) is 4.10. The van der Waals surface area contributed by atoms with Crippen LogP contribution in [0.5, 0.6) is 0 Å². The fourth-order valence-corrected chi connectivity index (χ4v) is 2.19. The van der Waals surface area contributed by atoms with E-state index in [9.17, 15) is 0 Å². The molecule has 0 radical (unpaired) electrons. The summed E-state index contributed by atoms with van der Waals surface area (Å²) in [5, 5.41) is 4.26. The molecule has 0 aliphatic rings. The Labute approximate surface area is 113 Å². The Bertz CT molecular complexity index is 516. The van der Waals surface area contributed by atoms with Crippen molar-refractivity contribution in [3.05, 3.63) is 58.0 Å². The van der Waals surface area contributed by atoms with Crippen LogP contribution >= 0.6 is 11.6 Å². The van der Waals surface area contributed by atoms with Gasteiger partial charge in [-0.3, -0.25) is 0 Å². The molecular weight excluding hydrogens is 246 g/mol. The maximum Gasteiger partial charge on any atom is 0.105 e. The van der Waals surface area contributed by atoms with Gasteiger partial charge in [0.25, 0.3) is 0 Å². The van der Waals surface area contributed by atoms with Crippen molar-refractivity contribution in [3.63, 3.8) is 0 Å². The van der Waals surface area contributed by atoms with Crippen molar-refractivity contribution in [3.8, 4) is 0 Å². The van der Waals surface area contributed by atoms with E-state index in [2.05, 4.69) is 18.3 Å². The molecule has 0 spiro atoms. The van der Waals surface area contributed by atoms with Crippen molar-refractivity contribution in [2.75, 3.05) is 0 Å². The Morgan fingerprint density at radius 1 is 1.22 bits per heavy atom. The third-order valence-electron chi connectivity index (χ3n) is 3.07. The van der Waals surface area contributed by atoms with Crippen molar-refractivity contribution in [1.82, 2.24) is 5.32 Å². The standard InChI is InChI=1S/C15H18ClNO/c1-10-8-15(12(3)18-10)11(2)17-9-13-4-6-14(16)7-5-13/h4-8,11,17H,9H2,1-3H3. The lowest BCUT2D eigenvalue weighted by molar-refractivity contribution is 0.489. The van der Waals surface area contributed by atoms with Crippen molar-refractivity contribution in [2.24, 2.45) is 0 Å². The van der Waals surface area contributed by atoms with Gasteiger partial charge >= 0.3 is 0 Å².